The summed E-state index contributed by atoms with van der Waals surface area (Å²) in [6.07, 6.45) is 0.557. The van der Waals surface area contributed by atoms with E-state index < -0.39 is 23.2 Å². The maximum absolute atomic E-state index is 14.9. The molecule has 2 atom stereocenters. The van der Waals surface area contributed by atoms with Crippen molar-refractivity contribution < 1.29 is 13.2 Å². The molecule has 0 radical (unpaired) electrons. The van der Waals surface area contributed by atoms with Gasteiger partial charge in [0.15, 0.2) is 0 Å². The van der Waals surface area contributed by atoms with Gasteiger partial charge in [0.1, 0.15) is 22.8 Å². The average molecular weight is 442 g/mol. The fraction of sp³-hybridized carbons (Fsp3) is 0.458. The average Bonchev–Trinajstić information content (AvgIpc) is 3.48. The van der Waals surface area contributed by atoms with Gasteiger partial charge >= 0.3 is 0 Å². The Labute approximate surface area is 183 Å². The van der Waals surface area contributed by atoms with E-state index in [1.54, 1.807) is 13.8 Å². The van der Waals surface area contributed by atoms with Crippen molar-refractivity contribution in [3.8, 4) is 0 Å². The highest BCUT2D eigenvalue weighted by molar-refractivity contribution is 5.88. The van der Waals surface area contributed by atoms with E-state index in [9.17, 15) is 18.0 Å². The number of hydrogen-bond donors (Lipinski definition) is 1. The standard InChI is InChI=1S/C24H25F3N4O/c1-13(16-5-4-15-6-7-23(3,27)18(15)10-16)28-21-17-12-31(24(8-9-24)22(25)26)20(32)11-19(17)29-14(2)30-21/h4-5,10-13,22H,6-9H2,1-3H3,(H,28,29,30)/t13-,23?/m1/s1. The summed E-state index contributed by atoms with van der Waals surface area (Å²) in [6, 6.07) is 6.90. The Kier molecular flexibility index (Phi) is 4.62. The van der Waals surface area contributed by atoms with Crippen LogP contribution in [0, 0.1) is 6.92 Å². The third-order valence-corrected chi connectivity index (χ3v) is 6.90. The summed E-state index contributed by atoms with van der Waals surface area (Å²) in [5, 5.41) is 3.84. The highest BCUT2D eigenvalue weighted by Crippen LogP contribution is 2.48. The number of pyridine rings is 1. The van der Waals surface area contributed by atoms with Gasteiger partial charge < -0.3 is 9.88 Å². The molecule has 1 N–H and O–H groups in total. The molecule has 1 aromatic carbocycles. The Bertz CT molecular complexity index is 1280. The van der Waals surface area contributed by atoms with Crippen LogP contribution in [0.4, 0.5) is 19.0 Å². The molecule has 1 saturated carbocycles. The van der Waals surface area contributed by atoms with Crippen molar-refractivity contribution in [2.24, 2.45) is 0 Å². The van der Waals surface area contributed by atoms with Crippen molar-refractivity contribution in [1.82, 2.24) is 14.5 Å². The van der Waals surface area contributed by atoms with Crippen LogP contribution in [0.2, 0.25) is 0 Å². The van der Waals surface area contributed by atoms with E-state index in [-0.39, 0.29) is 18.9 Å². The number of benzene rings is 1. The fourth-order valence-electron chi connectivity index (χ4n) is 4.73. The van der Waals surface area contributed by atoms with Crippen molar-refractivity contribution in [3.05, 3.63) is 63.3 Å². The minimum Gasteiger partial charge on any atom is -0.363 e. The summed E-state index contributed by atoms with van der Waals surface area (Å²) in [5.41, 5.74) is -0.220. The third kappa shape index (κ3) is 3.27. The number of nitrogens with zero attached hydrogens (tertiary/aromatic N) is 3. The second-order valence-electron chi connectivity index (χ2n) is 9.28. The number of aromatic nitrogens is 3. The summed E-state index contributed by atoms with van der Waals surface area (Å²) in [7, 11) is 0. The lowest BCUT2D eigenvalue weighted by molar-refractivity contribution is 0.0654. The van der Waals surface area contributed by atoms with Gasteiger partial charge in [0.2, 0.25) is 0 Å². The first kappa shape index (κ1) is 21.0. The topological polar surface area (TPSA) is 59.8 Å². The van der Waals surface area contributed by atoms with Gasteiger partial charge in [0.25, 0.3) is 12.0 Å². The van der Waals surface area contributed by atoms with Gasteiger partial charge in [-0.2, -0.15) is 0 Å². The monoisotopic (exact) mass is 442 g/mol. The smallest absolute Gasteiger partial charge is 0.261 e. The van der Waals surface area contributed by atoms with E-state index in [1.807, 2.05) is 25.1 Å². The van der Waals surface area contributed by atoms with Gasteiger partial charge in [-0.3, -0.25) is 4.79 Å². The number of alkyl halides is 3. The van der Waals surface area contributed by atoms with Crippen LogP contribution < -0.4 is 10.9 Å². The van der Waals surface area contributed by atoms with Crippen LogP contribution in [0.1, 0.15) is 61.7 Å². The van der Waals surface area contributed by atoms with Crippen molar-refractivity contribution >= 4 is 16.7 Å². The highest BCUT2D eigenvalue weighted by Gasteiger charge is 2.53. The third-order valence-electron chi connectivity index (χ3n) is 6.90. The molecule has 2 aliphatic rings. The number of fused-ring (bicyclic) bond motifs is 2. The van der Waals surface area contributed by atoms with Gasteiger partial charge in [-0.25, -0.2) is 23.1 Å². The van der Waals surface area contributed by atoms with E-state index in [2.05, 4.69) is 15.3 Å². The minimum atomic E-state index is -2.62. The van der Waals surface area contributed by atoms with Crippen LogP contribution in [0.5, 0.6) is 0 Å². The van der Waals surface area contributed by atoms with Crippen molar-refractivity contribution in [2.45, 2.75) is 70.1 Å². The quantitative estimate of drug-likeness (QED) is 0.593. The molecule has 2 aromatic heterocycles. The second-order valence-corrected chi connectivity index (χ2v) is 9.28. The molecular formula is C24H25F3N4O. The number of aryl methyl sites for hydroxylation is 2. The normalized spacial score (nSPS) is 22.2. The number of halogens is 3. The summed E-state index contributed by atoms with van der Waals surface area (Å²) < 4.78 is 43.3. The van der Waals surface area contributed by atoms with Crippen LogP contribution in [0.25, 0.3) is 10.9 Å². The van der Waals surface area contributed by atoms with Crippen LogP contribution in [0.15, 0.2) is 35.3 Å². The first-order valence-electron chi connectivity index (χ1n) is 10.9. The van der Waals surface area contributed by atoms with E-state index in [1.165, 1.54) is 12.3 Å². The Hall–Kier alpha value is -2.90. The van der Waals surface area contributed by atoms with Crippen LogP contribution in [-0.2, 0) is 17.6 Å². The molecule has 3 aromatic rings. The molecule has 0 saturated heterocycles. The predicted octanol–water partition coefficient (Wildman–Crippen LogP) is 5.16. The summed E-state index contributed by atoms with van der Waals surface area (Å²) in [6.45, 7) is 5.26. The Morgan fingerprint density at radius 3 is 2.59 bits per heavy atom. The lowest BCUT2D eigenvalue weighted by atomic mass is 9.96. The molecule has 5 rings (SSSR count). The molecule has 8 heteroatoms. The lowest BCUT2D eigenvalue weighted by Gasteiger charge is -2.21. The molecule has 0 amide bonds. The molecule has 0 spiro atoms. The fourth-order valence-corrected chi connectivity index (χ4v) is 4.73. The summed E-state index contributed by atoms with van der Waals surface area (Å²) in [5.74, 6) is 0.923. The Morgan fingerprint density at radius 2 is 1.91 bits per heavy atom. The maximum atomic E-state index is 14.9. The van der Waals surface area contributed by atoms with E-state index in [4.69, 9.17) is 0 Å². The van der Waals surface area contributed by atoms with Crippen molar-refractivity contribution in [2.75, 3.05) is 5.32 Å². The Balaban J connectivity index is 1.55. The van der Waals surface area contributed by atoms with Gasteiger partial charge in [-0.15, -0.1) is 0 Å². The van der Waals surface area contributed by atoms with Crippen molar-refractivity contribution in [3.63, 3.8) is 0 Å². The largest absolute Gasteiger partial charge is 0.363 e. The molecule has 2 aliphatic carbocycles. The van der Waals surface area contributed by atoms with Gasteiger partial charge in [0.05, 0.1) is 10.9 Å². The Morgan fingerprint density at radius 1 is 1.16 bits per heavy atom. The molecule has 1 fully saturated rings. The van der Waals surface area contributed by atoms with Gasteiger partial charge in [-0.1, -0.05) is 18.2 Å². The number of anilines is 1. The molecule has 32 heavy (non-hydrogen) atoms. The zero-order valence-corrected chi connectivity index (χ0v) is 18.3. The SMILES string of the molecule is Cc1nc(N[C@H](C)c2ccc3c(c2)C(C)(F)CC3)c2cn(C3(C(F)F)CC3)c(=O)cc2n1. The first-order chi connectivity index (χ1) is 15.1. The lowest BCUT2D eigenvalue weighted by Crippen LogP contribution is -2.35. The molecular weight excluding hydrogens is 417 g/mol. The molecule has 5 nitrogen and oxygen atoms in total. The second kappa shape index (κ2) is 7.05. The van der Waals surface area contributed by atoms with Crippen LogP contribution in [-0.4, -0.2) is 21.0 Å². The zero-order chi connectivity index (χ0) is 22.8. The number of nitrogens with one attached hydrogen (secondary N) is 1. The minimum absolute atomic E-state index is 0.223. The van der Waals surface area contributed by atoms with Gasteiger partial charge in [0, 0.05) is 18.3 Å². The van der Waals surface area contributed by atoms with E-state index in [0.29, 0.717) is 34.5 Å². The van der Waals surface area contributed by atoms with Crippen LogP contribution in [0.3, 0.4) is 0 Å². The summed E-state index contributed by atoms with van der Waals surface area (Å²) in [4.78, 5) is 21.4. The van der Waals surface area contributed by atoms with E-state index >= 15 is 0 Å². The van der Waals surface area contributed by atoms with E-state index in [0.717, 1.165) is 22.1 Å². The highest BCUT2D eigenvalue weighted by atomic mass is 19.3. The van der Waals surface area contributed by atoms with Gasteiger partial charge in [-0.05, 0) is 63.1 Å². The molecule has 0 aliphatic heterocycles. The predicted molar refractivity (Wildman–Crippen MR) is 117 cm³/mol. The maximum Gasteiger partial charge on any atom is 0.261 e. The zero-order valence-electron chi connectivity index (χ0n) is 18.3. The van der Waals surface area contributed by atoms with Crippen LogP contribution >= 0.6 is 0 Å². The molecule has 2 heterocycles. The summed E-state index contributed by atoms with van der Waals surface area (Å²) >= 11 is 0. The number of hydrogen-bond acceptors (Lipinski definition) is 4. The molecule has 1 unspecified atom stereocenters. The first-order valence-corrected chi connectivity index (χ1v) is 10.9. The molecule has 168 valence electrons. The number of rotatable bonds is 5. The molecule has 0 bridgehead atoms. The van der Waals surface area contributed by atoms with Crippen molar-refractivity contribution in [1.29, 1.82) is 0 Å².